The number of hydrogen-bond acceptors (Lipinski definition) is 2. The lowest BCUT2D eigenvalue weighted by molar-refractivity contribution is -0.128. The minimum atomic E-state index is 0.119. The van der Waals surface area contributed by atoms with Crippen LogP contribution in [0, 0.1) is 17.8 Å². The van der Waals surface area contributed by atoms with Gasteiger partial charge < -0.3 is 11.1 Å². The van der Waals surface area contributed by atoms with Crippen LogP contribution in [0.2, 0.25) is 0 Å². The van der Waals surface area contributed by atoms with Gasteiger partial charge >= 0.3 is 0 Å². The zero-order chi connectivity index (χ0) is 14.7. The Labute approximate surface area is 127 Å². The van der Waals surface area contributed by atoms with Crippen LogP contribution in [0.25, 0.3) is 0 Å². The third-order valence-electron chi connectivity index (χ3n) is 5.10. The summed E-state index contributed by atoms with van der Waals surface area (Å²) in [6.45, 7) is 0.636. The first-order valence-corrected chi connectivity index (χ1v) is 8.35. The van der Waals surface area contributed by atoms with E-state index in [0.29, 0.717) is 18.4 Å². The molecule has 3 unspecified atom stereocenters. The molecule has 0 saturated heterocycles. The number of carbonyl (C=O) groups excluding carboxylic acids is 1. The van der Waals surface area contributed by atoms with E-state index in [-0.39, 0.29) is 17.9 Å². The van der Waals surface area contributed by atoms with Gasteiger partial charge in [-0.05, 0) is 49.6 Å². The van der Waals surface area contributed by atoms with E-state index in [1.807, 2.05) is 6.07 Å². The number of hydrogen-bond donors (Lipinski definition) is 2. The zero-order valence-electron chi connectivity index (χ0n) is 12.6. The predicted octanol–water partition coefficient (Wildman–Crippen LogP) is 3.02. The first-order chi connectivity index (χ1) is 10.3. The van der Waals surface area contributed by atoms with E-state index in [0.717, 1.165) is 19.3 Å². The number of nitrogens with two attached hydrogens (primary N) is 1. The number of benzene rings is 1. The van der Waals surface area contributed by atoms with Gasteiger partial charge in [0.2, 0.25) is 5.91 Å². The highest BCUT2D eigenvalue weighted by molar-refractivity contribution is 5.79. The van der Waals surface area contributed by atoms with Gasteiger partial charge in [-0.3, -0.25) is 4.79 Å². The van der Waals surface area contributed by atoms with E-state index < -0.39 is 0 Å². The van der Waals surface area contributed by atoms with Crippen LogP contribution in [0.5, 0.6) is 0 Å². The summed E-state index contributed by atoms with van der Waals surface area (Å²) >= 11 is 0. The van der Waals surface area contributed by atoms with Gasteiger partial charge in [-0.25, -0.2) is 0 Å². The van der Waals surface area contributed by atoms with Gasteiger partial charge in [0.25, 0.3) is 0 Å². The monoisotopic (exact) mass is 286 g/mol. The number of rotatable bonds is 5. The van der Waals surface area contributed by atoms with Crippen molar-refractivity contribution in [3.63, 3.8) is 0 Å². The third kappa shape index (κ3) is 3.46. The molecule has 21 heavy (non-hydrogen) atoms. The highest BCUT2D eigenvalue weighted by Gasteiger charge is 2.36. The molecular weight excluding hydrogens is 260 g/mol. The summed E-state index contributed by atoms with van der Waals surface area (Å²) in [6, 6.07) is 10.6. The molecule has 0 aliphatic heterocycles. The average Bonchev–Trinajstić information content (AvgIpc) is 3.38. The first-order valence-electron chi connectivity index (χ1n) is 8.35. The molecule has 2 fully saturated rings. The average molecular weight is 286 g/mol. The maximum atomic E-state index is 12.7. The van der Waals surface area contributed by atoms with Gasteiger partial charge in [-0.2, -0.15) is 0 Å². The van der Waals surface area contributed by atoms with E-state index >= 15 is 0 Å². The summed E-state index contributed by atoms with van der Waals surface area (Å²) in [5.41, 5.74) is 7.11. The van der Waals surface area contributed by atoms with Gasteiger partial charge in [0, 0.05) is 5.92 Å². The van der Waals surface area contributed by atoms with Crippen molar-refractivity contribution in [1.82, 2.24) is 5.32 Å². The summed E-state index contributed by atoms with van der Waals surface area (Å²) in [5, 5.41) is 3.33. The molecule has 3 nitrogen and oxygen atoms in total. The molecule has 0 aromatic heterocycles. The lowest BCUT2D eigenvalue weighted by Gasteiger charge is -2.31. The molecule has 1 amide bonds. The third-order valence-corrected chi connectivity index (χ3v) is 5.10. The Kier molecular flexibility index (Phi) is 4.59. The summed E-state index contributed by atoms with van der Waals surface area (Å²) in [5.74, 6) is 1.34. The standard InChI is InChI=1S/C18H26N2O/c19-12-15-8-4-5-9-16(15)18(21)20-17(14-10-11-14)13-6-2-1-3-7-13/h1-3,6-7,14-17H,4-5,8-12,19H2,(H,20,21). The molecule has 0 radical (unpaired) electrons. The molecule has 3 N–H and O–H groups in total. The molecule has 2 saturated carbocycles. The molecule has 0 bridgehead atoms. The fourth-order valence-electron chi connectivity index (χ4n) is 3.66. The summed E-state index contributed by atoms with van der Waals surface area (Å²) in [7, 11) is 0. The molecule has 3 atom stereocenters. The molecule has 3 heteroatoms. The summed E-state index contributed by atoms with van der Waals surface area (Å²) in [6.07, 6.45) is 6.94. The number of nitrogens with one attached hydrogen (secondary N) is 1. The van der Waals surface area contributed by atoms with Crippen molar-refractivity contribution in [1.29, 1.82) is 0 Å². The normalized spacial score (nSPS) is 27.1. The first kappa shape index (κ1) is 14.6. The Hall–Kier alpha value is -1.35. The van der Waals surface area contributed by atoms with E-state index in [2.05, 4.69) is 29.6 Å². The molecule has 2 aliphatic rings. The summed E-state index contributed by atoms with van der Waals surface area (Å²) in [4.78, 5) is 12.7. The molecule has 1 aromatic carbocycles. The Balaban J connectivity index is 1.69. The number of carbonyl (C=O) groups is 1. The zero-order valence-corrected chi connectivity index (χ0v) is 12.6. The highest BCUT2D eigenvalue weighted by Crippen LogP contribution is 2.41. The largest absolute Gasteiger partial charge is 0.349 e. The van der Waals surface area contributed by atoms with Crippen molar-refractivity contribution in [3.05, 3.63) is 35.9 Å². The van der Waals surface area contributed by atoms with Gasteiger partial charge in [0.1, 0.15) is 0 Å². The Morgan fingerprint density at radius 2 is 1.86 bits per heavy atom. The van der Waals surface area contributed by atoms with Crippen LogP contribution in [-0.2, 0) is 4.79 Å². The smallest absolute Gasteiger partial charge is 0.223 e. The van der Waals surface area contributed by atoms with Crippen LogP contribution in [0.3, 0.4) is 0 Å². The second-order valence-electron chi connectivity index (χ2n) is 6.62. The quantitative estimate of drug-likeness (QED) is 0.874. The minimum absolute atomic E-state index is 0.119. The lowest BCUT2D eigenvalue weighted by atomic mass is 9.78. The van der Waals surface area contributed by atoms with E-state index in [1.165, 1.54) is 24.8 Å². The van der Waals surface area contributed by atoms with Crippen molar-refractivity contribution in [2.45, 2.75) is 44.6 Å². The summed E-state index contributed by atoms with van der Waals surface area (Å²) < 4.78 is 0. The maximum Gasteiger partial charge on any atom is 0.223 e. The maximum absolute atomic E-state index is 12.7. The molecule has 114 valence electrons. The second kappa shape index (κ2) is 6.61. The molecule has 2 aliphatic carbocycles. The van der Waals surface area contributed by atoms with Crippen LogP contribution < -0.4 is 11.1 Å². The van der Waals surface area contributed by atoms with Gasteiger partial charge in [0.05, 0.1) is 6.04 Å². The molecule has 0 heterocycles. The SMILES string of the molecule is NCC1CCCCC1C(=O)NC(c1ccccc1)C1CC1. The van der Waals surface area contributed by atoms with Crippen molar-refractivity contribution in [3.8, 4) is 0 Å². The molecule has 1 aromatic rings. The van der Waals surface area contributed by atoms with Crippen LogP contribution in [-0.4, -0.2) is 12.5 Å². The molecule has 0 spiro atoms. The lowest BCUT2D eigenvalue weighted by Crippen LogP contribution is -2.41. The van der Waals surface area contributed by atoms with E-state index in [1.54, 1.807) is 0 Å². The topological polar surface area (TPSA) is 55.1 Å². The van der Waals surface area contributed by atoms with Crippen molar-refractivity contribution in [2.24, 2.45) is 23.5 Å². The van der Waals surface area contributed by atoms with Gasteiger partial charge in [0.15, 0.2) is 0 Å². The second-order valence-corrected chi connectivity index (χ2v) is 6.62. The van der Waals surface area contributed by atoms with Gasteiger partial charge in [-0.1, -0.05) is 43.2 Å². The molecule has 3 rings (SSSR count). The van der Waals surface area contributed by atoms with E-state index in [4.69, 9.17) is 5.73 Å². The minimum Gasteiger partial charge on any atom is -0.349 e. The molecular formula is C18H26N2O. The van der Waals surface area contributed by atoms with Gasteiger partial charge in [-0.15, -0.1) is 0 Å². The highest BCUT2D eigenvalue weighted by atomic mass is 16.2. The Morgan fingerprint density at radius 3 is 2.52 bits per heavy atom. The van der Waals surface area contributed by atoms with Crippen molar-refractivity contribution in [2.75, 3.05) is 6.54 Å². The van der Waals surface area contributed by atoms with Crippen LogP contribution >= 0.6 is 0 Å². The predicted molar refractivity (Wildman–Crippen MR) is 84.6 cm³/mol. The van der Waals surface area contributed by atoms with Crippen LogP contribution in [0.1, 0.15) is 50.1 Å². The fourth-order valence-corrected chi connectivity index (χ4v) is 3.66. The Morgan fingerprint density at radius 1 is 1.14 bits per heavy atom. The number of amides is 1. The van der Waals surface area contributed by atoms with Crippen LogP contribution in [0.4, 0.5) is 0 Å². The van der Waals surface area contributed by atoms with Crippen molar-refractivity contribution < 1.29 is 4.79 Å². The fraction of sp³-hybridized carbons (Fsp3) is 0.611. The van der Waals surface area contributed by atoms with Crippen molar-refractivity contribution >= 4 is 5.91 Å². The van der Waals surface area contributed by atoms with Crippen LogP contribution in [0.15, 0.2) is 30.3 Å². The Bertz CT molecular complexity index is 469. The van der Waals surface area contributed by atoms with E-state index in [9.17, 15) is 4.79 Å².